The number of rotatable bonds is 4. The van der Waals surface area contributed by atoms with Crippen molar-refractivity contribution in [1.82, 2.24) is 5.32 Å². The quantitative estimate of drug-likeness (QED) is 0.509. The van der Waals surface area contributed by atoms with Crippen LogP contribution in [0.4, 0.5) is 5.69 Å². The van der Waals surface area contributed by atoms with Gasteiger partial charge in [-0.3, -0.25) is 4.79 Å². The molecule has 1 aliphatic rings. The van der Waals surface area contributed by atoms with Gasteiger partial charge in [0, 0.05) is 10.6 Å². The van der Waals surface area contributed by atoms with Gasteiger partial charge in [0.05, 0.1) is 11.8 Å². The molecule has 0 saturated heterocycles. The van der Waals surface area contributed by atoms with E-state index < -0.39 is 5.54 Å². The van der Waals surface area contributed by atoms with Gasteiger partial charge in [0.25, 0.3) is 0 Å². The Balaban J connectivity index is 1.89. The zero-order valence-electron chi connectivity index (χ0n) is 12.1. The number of carbonyl (C=O) groups excluding carboxylic acids is 1. The molecule has 0 aromatic heterocycles. The van der Waals surface area contributed by atoms with E-state index >= 15 is 0 Å². The van der Waals surface area contributed by atoms with Crippen LogP contribution in [0.5, 0.6) is 0 Å². The lowest BCUT2D eigenvalue weighted by atomic mass is 9.92. The summed E-state index contributed by atoms with van der Waals surface area (Å²) in [6.45, 7) is 0. The number of nitriles is 1. The van der Waals surface area contributed by atoms with Crippen LogP contribution in [-0.4, -0.2) is 17.2 Å². The monoisotopic (exact) mass is 303 g/mol. The second kappa shape index (κ2) is 7.37. The Morgan fingerprint density at radius 1 is 1.33 bits per heavy atom. The van der Waals surface area contributed by atoms with Gasteiger partial charge in [0.2, 0.25) is 5.91 Å². The number of thioether (sulfide) groups is 1. The van der Waals surface area contributed by atoms with Gasteiger partial charge in [-0.15, -0.1) is 11.8 Å². The van der Waals surface area contributed by atoms with Crippen molar-refractivity contribution in [2.45, 2.75) is 49.0 Å². The summed E-state index contributed by atoms with van der Waals surface area (Å²) in [5.74, 6) is 0.234. The van der Waals surface area contributed by atoms with Crippen molar-refractivity contribution in [2.24, 2.45) is 0 Å². The van der Waals surface area contributed by atoms with Crippen LogP contribution in [0.25, 0.3) is 0 Å². The third-order valence-electron chi connectivity index (χ3n) is 3.78. The van der Waals surface area contributed by atoms with Gasteiger partial charge in [0.1, 0.15) is 5.54 Å². The predicted octanol–water partition coefficient (Wildman–Crippen LogP) is 3.09. The summed E-state index contributed by atoms with van der Waals surface area (Å²) in [5, 5.41) is 12.4. The van der Waals surface area contributed by atoms with Crippen LogP contribution in [0.1, 0.15) is 38.5 Å². The molecule has 0 heterocycles. The van der Waals surface area contributed by atoms with Gasteiger partial charge in [-0.1, -0.05) is 31.7 Å². The number of hydrogen-bond donors (Lipinski definition) is 2. The number of benzene rings is 1. The van der Waals surface area contributed by atoms with E-state index in [9.17, 15) is 10.1 Å². The van der Waals surface area contributed by atoms with Crippen molar-refractivity contribution in [3.8, 4) is 6.07 Å². The summed E-state index contributed by atoms with van der Waals surface area (Å²) < 4.78 is 0. The third-order valence-corrected chi connectivity index (χ3v) is 4.77. The number of carbonyl (C=O) groups is 1. The molecule has 0 unspecified atom stereocenters. The molecular weight excluding hydrogens is 282 g/mol. The Morgan fingerprint density at radius 2 is 2.05 bits per heavy atom. The lowest BCUT2D eigenvalue weighted by molar-refractivity contribution is -0.120. The zero-order chi connectivity index (χ0) is 15.1. The molecule has 0 spiro atoms. The van der Waals surface area contributed by atoms with Crippen LogP contribution in [0.2, 0.25) is 0 Å². The minimum atomic E-state index is -0.663. The molecule has 1 aliphatic carbocycles. The number of nitrogen functional groups attached to an aromatic ring is 1. The molecule has 5 heteroatoms. The highest BCUT2D eigenvalue weighted by Crippen LogP contribution is 2.27. The van der Waals surface area contributed by atoms with Gasteiger partial charge in [-0.25, -0.2) is 0 Å². The van der Waals surface area contributed by atoms with E-state index in [0.29, 0.717) is 11.4 Å². The van der Waals surface area contributed by atoms with Crippen molar-refractivity contribution >= 4 is 23.4 Å². The zero-order valence-corrected chi connectivity index (χ0v) is 12.9. The fourth-order valence-corrected chi connectivity index (χ4v) is 3.42. The van der Waals surface area contributed by atoms with Crippen LogP contribution >= 0.6 is 11.8 Å². The lowest BCUT2D eigenvalue weighted by Crippen LogP contribution is -2.47. The predicted molar refractivity (Wildman–Crippen MR) is 85.8 cm³/mol. The maximum atomic E-state index is 12.1. The Labute approximate surface area is 130 Å². The van der Waals surface area contributed by atoms with E-state index in [-0.39, 0.29) is 5.91 Å². The van der Waals surface area contributed by atoms with Crippen LogP contribution in [-0.2, 0) is 4.79 Å². The van der Waals surface area contributed by atoms with Gasteiger partial charge in [-0.2, -0.15) is 5.26 Å². The molecule has 1 amide bonds. The van der Waals surface area contributed by atoms with Crippen molar-refractivity contribution in [3.63, 3.8) is 0 Å². The average Bonchev–Trinajstić information content (AvgIpc) is 2.71. The fraction of sp³-hybridized carbons (Fsp3) is 0.500. The van der Waals surface area contributed by atoms with Gasteiger partial charge in [-0.05, 0) is 31.0 Å². The smallest absolute Gasteiger partial charge is 0.231 e. The maximum Gasteiger partial charge on any atom is 0.231 e. The average molecular weight is 303 g/mol. The molecular formula is C16H21N3OS. The summed E-state index contributed by atoms with van der Waals surface area (Å²) in [4.78, 5) is 13.1. The van der Waals surface area contributed by atoms with Crippen LogP contribution in [0.3, 0.4) is 0 Å². The minimum absolute atomic E-state index is 0.0779. The molecule has 0 atom stereocenters. The first-order chi connectivity index (χ1) is 10.1. The highest BCUT2D eigenvalue weighted by molar-refractivity contribution is 8.00. The number of nitrogens with zero attached hydrogens (tertiary/aromatic N) is 1. The highest BCUT2D eigenvalue weighted by Gasteiger charge is 2.32. The Bertz CT molecular complexity index is 531. The van der Waals surface area contributed by atoms with Crippen LogP contribution in [0.15, 0.2) is 29.2 Å². The number of nitrogens with one attached hydrogen (secondary N) is 1. The van der Waals surface area contributed by atoms with Crippen LogP contribution < -0.4 is 11.1 Å². The molecule has 112 valence electrons. The number of amides is 1. The highest BCUT2D eigenvalue weighted by atomic mass is 32.2. The second-order valence-corrected chi connectivity index (χ2v) is 6.57. The van der Waals surface area contributed by atoms with E-state index in [1.807, 2.05) is 24.3 Å². The number of anilines is 1. The number of nitrogens with two attached hydrogens (primary N) is 1. The van der Waals surface area contributed by atoms with Gasteiger partial charge < -0.3 is 11.1 Å². The summed E-state index contributed by atoms with van der Waals surface area (Å²) in [6, 6.07) is 9.81. The molecule has 3 N–H and O–H groups in total. The van der Waals surface area contributed by atoms with Gasteiger partial charge >= 0.3 is 0 Å². The molecule has 1 fully saturated rings. The van der Waals surface area contributed by atoms with Crippen molar-refractivity contribution in [3.05, 3.63) is 24.3 Å². The lowest BCUT2D eigenvalue weighted by Gasteiger charge is -2.26. The first kappa shape index (κ1) is 15.7. The van der Waals surface area contributed by atoms with E-state index in [0.717, 1.165) is 43.4 Å². The summed E-state index contributed by atoms with van der Waals surface area (Å²) in [7, 11) is 0. The van der Waals surface area contributed by atoms with Crippen LogP contribution in [0, 0.1) is 11.3 Å². The summed E-state index contributed by atoms with van der Waals surface area (Å²) in [6.07, 6.45) is 5.84. The molecule has 0 radical (unpaired) electrons. The normalized spacial score (nSPS) is 17.5. The molecule has 0 bridgehead atoms. The fourth-order valence-electron chi connectivity index (χ4n) is 2.65. The van der Waals surface area contributed by atoms with Crippen molar-refractivity contribution < 1.29 is 4.79 Å². The first-order valence-electron chi connectivity index (χ1n) is 7.34. The molecule has 0 aliphatic heterocycles. The molecule has 2 rings (SSSR count). The minimum Gasteiger partial charge on any atom is -0.399 e. The van der Waals surface area contributed by atoms with E-state index in [1.165, 1.54) is 11.8 Å². The molecule has 21 heavy (non-hydrogen) atoms. The molecule has 1 saturated carbocycles. The number of hydrogen-bond acceptors (Lipinski definition) is 4. The standard InChI is InChI=1S/C16H21N3OS/c17-12-16(8-3-1-2-4-9-16)19-15(20)11-21-14-7-5-6-13(18)10-14/h5-7,10H,1-4,8-9,11,18H2,(H,19,20). The molecule has 4 nitrogen and oxygen atoms in total. The summed E-state index contributed by atoms with van der Waals surface area (Å²) in [5.41, 5.74) is 5.75. The van der Waals surface area contributed by atoms with E-state index in [2.05, 4.69) is 11.4 Å². The topological polar surface area (TPSA) is 78.9 Å². The second-order valence-electron chi connectivity index (χ2n) is 5.52. The largest absolute Gasteiger partial charge is 0.399 e. The van der Waals surface area contributed by atoms with Crippen molar-refractivity contribution in [1.29, 1.82) is 5.26 Å². The van der Waals surface area contributed by atoms with E-state index in [1.54, 1.807) is 0 Å². The third kappa shape index (κ3) is 4.68. The Morgan fingerprint density at radius 3 is 2.67 bits per heavy atom. The Kier molecular flexibility index (Phi) is 5.51. The van der Waals surface area contributed by atoms with E-state index in [4.69, 9.17) is 5.73 Å². The van der Waals surface area contributed by atoms with Crippen molar-refractivity contribution in [2.75, 3.05) is 11.5 Å². The Hall–Kier alpha value is -1.67. The summed E-state index contributed by atoms with van der Waals surface area (Å²) >= 11 is 1.44. The molecule has 1 aromatic carbocycles. The molecule has 1 aromatic rings. The maximum absolute atomic E-state index is 12.1. The van der Waals surface area contributed by atoms with Gasteiger partial charge in [0.15, 0.2) is 0 Å². The first-order valence-corrected chi connectivity index (χ1v) is 8.33. The SMILES string of the molecule is N#CC1(NC(=O)CSc2cccc(N)c2)CCCCCC1.